The van der Waals surface area contributed by atoms with Gasteiger partial charge in [-0.05, 0) is 43.5 Å². The van der Waals surface area contributed by atoms with Gasteiger partial charge in [0.25, 0.3) is 5.91 Å². The van der Waals surface area contributed by atoms with Crippen LogP contribution in [0, 0.1) is 0 Å². The Balaban J connectivity index is 1.66. The van der Waals surface area contributed by atoms with Crippen LogP contribution in [0.1, 0.15) is 24.8 Å². The van der Waals surface area contributed by atoms with E-state index in [1.165, 1.54) is 23.5 Å². The second-order valence-electron chi connectivity index (χ2n) is 4.94. The maximum Gasteiger partial charge on any atom is 0.253 e. The van der Waals surface area contributed by atoms with Crippen molar-refractivity contribution in [1.29, 1.82) is 0 Å². The van der Waals surface area contributed by atoms with Crippen LogP contribution in [0.15, 0.2) is 24.3 Å². The van der Waals surface area contributed by atoms with Crippen molar-refractivity contribution in [3.05, 3.63) is 29.8 Å². The van der Waals surface area contributed by atoms with Crippen molar-refractivity contribution in [3.8, 4) is 0 Å². The molecule has 1 atom stereocenters. The summed E-state index contributed by atoms with van der Waals surface area (Å²) in [6.07, 6.45) is 4.08. The minimum atomic E-state index is 0.0419. The van der Waals surface area contributed by atoms with Gasteiger partial charge in [-0.15, -0.1) is 0 Å². The first-order valence-corrected chi connectivity index (χ1v) is 6.61. The van der Waals surface area contributed by atoms with E-state index in [0.29, 0.717) is 19.1 Å². The smallest absolute Gasteiger partial charge is 0.253 e. The Kier molecular flexibility index (Phi) is 3.30. The fourth-order valence-corrected chi connectivity index (χ4v) is 2.60. The van der Waals surface area contributed by atoms with Crippen LogP contribution in [0.25, 0.3) is 0 Å². The third kappa shape index (κ3) is 2.40. The monoisotopic (exact) mass is 246 g/mol. The molecule has 0 aliphatic carbocycles. The number of hydroxylamine groups is 1. The molecule has 2 heterocycles. The van der Waals surface area contributed by atoms with Gasteiger partial charge < -0.3 is 5.32 Å². The average molecular weight is 246 g/mol. The predicted octanol–water partition coefficient (Wildman–Crippen LogP) is 1.65. The van der Waals surface area contributed by atoms with Crippen LogP contribution >= 0.6 is 0 Å². The Labute approximate surface area is 107 Å². The first-order chi connectivity index (χ1) is 8.83. The topological polar surface area (TPSA) is 41.6 Å². The summed E-state index contributed by atoms with van der Waals surface area (Å²) in [6, 6.07) is 8.72. The Bertz CT molecular complexity index is 424. The molecule has 4 heteroatoms. The number of benzene rings is 1. The summed E-state index contributed by atoms with van der Waals surface area (Å²) in [7, 11) is 0. The first kappa shape index (κ1) is 11.7. The van der Waals surface area contributed by atoms with Gasteiger partial charge >= 0.3 is 0 Å². The van der Waals surface area contributed by atoms with Gasteiger partial charge in [-0.1, -0.05) is 12.1 Å². The highest BCUT2D eigenvalue weighted by Crippen LogP contribution is 2.21. The molecule has 3 rings (SSSR count). The Hall–Kier alpha value is -1.39. The zero-order chi connectivity index (χ0) is 12.4. The number of carbonyl (C=O) groups is 1. The lowest BCUT2D eigenvalue weighted by atomic mass is 10.0. The van der Waals surface area contributed by atoms with E-state index >= 15 is 0 Å². The summed E-state index contributed by atoms with van der Waals surface area (Å²) in [5.41, 5.74) is 2.14. The summed E-state index contributed by atoms with van der Waals surface area (Å²) in [5, 5.41) is 4.89. The van der Waals surface area contributed by atoms with Crippen molar-refractivity contribution < 1.29 is 9.63 Å². The molecular weight excluding hydrogens is 228 g/mol. The summed E-state index contributed by atoms with van der Waals surface area (Å²) in [4.78, 5) is 16.8. The molecule has 0 bridgehead atoms. The van der Waals surface area contributed by atoms with Gasteiger partial charge in [-0.3, -0.25) is 9.63 Å². The van der Waals surface area contributed by atoms with Crippen LogP contribution in [0.4, 0.5) is 5.69 Å². The van der Waals surface area contributed by atoms with Gasteiger partial charge in [-0.2, -0.15) is 5.06 Å². The maximum atomic E-state index is 11.5. The number of nitrogens with zero attached hydrogens (tertiary/aromatic N) is 1. The molecule has 2 saturated heterocycles. The minimum absolute atomic E-state index is 0.0419. The molecule has 1 amide bonds. The molecule has 2 fully saturated rings. The zero-order valence-electron chi connectivity index (χ0n) is 10.4. The molecule has 0 radical (unpaired) electrons. The molecular formula is C14H18N2O2. The first-order valence-electron chi connectivity index (χ1n) is 6.61. The van der Waals surface area contributed by atoms with Gasteiger partial charge in [0.2, 0.25) is 0 Å². The number of hydrogen-bond acceptors (Lipinski definition) is 3. The summed E-state index contributed by atoms with van der Waals surface area (Å²) < 4.78 is 0. The maximum absolute atomic E-state index is 11.5. The number of amides is 1. The van der Waals surface area contributed by atoms with Crippen molar-refractivity contribution in [2.45, 2.75) is 31.7 Å². The van der Waals surface area contributed by atoms with Gasteiger partial charge in [0.15, 0.2) is 0 Å². The highest BCUT2D eigenvalue weighted by atomic mass is 16.7. The van der Waals surface area contributed by atoms with Gasteiger partial charge in [-0.25, -0.2) is 0 Å². The van der Waals surface area contributed by atoms with Crippen molar-refractivity contribution in [1.82, 2.24) is 5.32 Å². The number of carbonyl (C=O) groups excluding carboxylic acids is 1. The molecule has 2 aliphatic heterocycles. The van der Waals surface area contributed by atoms with Gasteiger partial charge in [0.1, 0.15) is 0 Å². The van der Waals surface area contributed by atoms with Crippen LogP contribution in [0.3, 0.4) is 0 Å². The van der Waals surface area contributed by atoms with E-state index in [4.69, 9.17) is 4.84 Å². The van der Waals surface area contributed by atoms with E-state index in [1.54, 1.807) is 0 Å². The normalized spacial score (nSPS) is 23.9. The summed E-state index contributed by atoms with van der Waals surface area (Å²) in [5.74, 6) is 0.0419. The van der Waals surface area contributed by atoms with E-state index in [0.717, 1.165) is 18.7 Å². The summed E-state index contributed by atoms with van der Waals surface area (Å²) >= 11 is 0. The Morgan fingerprint density at radius 3 is 2.78 bits per heavy atom. The van der Waals surface area contributed by atoms with E-state index in [2.05, 4.69) is 17.4 Å². The molecule has 0 aromatic heterocycles. The van der Waals surface area contributed by atoms with Crippen LogP contribution in [-0.4, -0.2) is 25.1 Å². The lowest BCUT2D eigenvalue weighted by Gasteiger charge is -2.15. The van der Waals surface area contributed by atoms with E-state index < -0.39 is 0 Å². The number of nitrogens with one attached hydrogen (secondary N) is 1. The molecule has 2 aliphatic rings. The molecule has 1 aromatic rings. The van der Waals surface area contributed by atoms with Crippen molar-refractivity contribution in [2.75, 3.05) is 18.2 Å². The van der Waals surface area contributed by atoms with Crippen LogP contribution in [0.5, 0.6) is 0 Å². The largest absolute Gasteiger partial charge is 0.314 e. The molecule has 0 spiro atoms. The predicted molar refractivity (Wildman–Crippen MR) is 69.2 cm³/mol. The third-order valence-electron chi connectivity index (χ3n) is 3.58. The second kappa shape index (κ2) is 5.08. The van der Waals surface area contributed by atoms with E-state index in [-0.39, 0.29) is 5.91 Å². The van der Waals surface area contributed by atoms with Crippen molar-refractivity contribution in [2.24, 2.45) is 0 Å². The highest BCUT2D eigenvalue weighted by Gasteiger charge is 2.23. The standard InChI is InChI=1S/C14H18N2O2/c17-14-7-9-18-16(14)13-5-3-11(4-6-13)10-12-2-1-8-15-12/h3-6,12,15H,1-2,7-10H2. The van der Waals surface area contributed by atoms with Crippen molar-refractivity contribution in [3.63, 3.8) is 0 Å². The van der Waals surface area contributed by atoms with Crippen LogP contribution < -0.4 is 10.4 Å². The fourth-order valence-electron chi connectivity index (χ4n) is 2.60. The number of rotatable bonds is 3. The molecule has 0 saturated carbocycles. The van der Waals surface area contributed by atoms with E-state index in [9.17, 15) is 4.79 Å². The summed E-state index contributed by atoms with van der Waals surface area (Å²) in [6.45, 7) is 1.63. The van der Waals surface area contributed by atoms with Crippen molar-refractivity contribution >= 4 is 11.6 Å². The average Bonchev–Trinajstić information content (AvgIpc) is 3.02. The minimum Gasteiger partial charge on any atom is -0.314 e. The van der Waals surface area contributed by atoms with Crippen LogP contribution in [-0.2, 0) is 16.1 Å². The number of anilines is 1. The zero-order valence-corrected chi connectivity index (χ0v) is 10.4. The SMILES string of the molecule is O=C1CCON1c1ccc(CC2CCCN2)cc1. The van der Waals surface area contributed by atoms with Gasteiger partial charge in [0.05, 0.1) is 18.7 Å². The molecule has 1 unspecified atom stereocenters. The lowest BCUT2D eigenvalue weighted by Crippen LogP contribution is -2.24. The third-order valence-corrected chi connectivity index (χ3v) is 3.58. The molecule has 4 nitrogen and oxygen atoms in total. The molecule has 18 heavy (non-hydrogen) atoms. The van der Waals surface area contributed by atoms with Crippen LogP contribution in [0.2, 0.25) is 0 Å². The molecule has 1 aromatic carbocycles. The molecule has 1 N–H and O–H groups in total. The Morgan fingerprint density at radius 1 is 1.33 bits per heavy atom. The lowest BCUT2D eigenvalue weighted by molar-refractivity contribution is -0.119. The second-order valence-corrected chi connectivity index (χ2v) is 4.94. The quantitative estimate of drug-likeness (QED) is 0.881. The molecule has 96 valence electrons. The van der Waals surface area contributed by atoms with E-state index in [1.807, 2.05) is 12.1 Å². The van der Waals surface area contributed by atoms with Gasteiger partial charge in [0, 0.05) is 6.04 Å². The fraction of sp³-hybridized carbons (Fsp3) is 0.500. The number of hydrogen-bond donors (Lipinski definition) is 1. The Morgan fingerprint density at radius 2 is 2.17 bits per heavy atom. The highest BCUT2D eigenvalue weighted by molar-refractivity contribution is 5.92.